The molecule has 1 N–H and O–H groups in total. The molecule has 0 amide bonds. The van der Waals surface area contributed by atoms with Crippen LogP contribution in [-0.4, -0.2) is 73.3 Å². The monoisotopic (exact) mass is 426 g/mol. The zero-order valence-corrected chi connectivity index (χ0v) is 18.1. The molecule has 2 saturated heterocycles. The first-order valence-electron chi connectivity index (χ1n) is 11.1. The number of ether oxygens (including phenoxy) is 1. The molecular formula is C23H31FN6O. The third-order valence-electron chi connectivity index (χ3n) is 6.19. The van der Waals surface area contributed by atoms with Gasteiger partial charge in [-0.3, -0.25) is 4.99 Å². The molecule has 2 aliphatic heterocycles. The maximum Gasteiger partial charge on any atom is 0.225 e. The van der Waals surface area contributed by atoms with Crippen LogP contribution in [0.15, 0.2) is 47.7 Å². The lowest BCUT2D eigenvalue weighted by atomic mass is 9.74. The molecule has 1 aromatic heterocycles. The van der Waals surface area contributed by atoms with Crippen molar-refractivity contribution in [2.45, 2.75) is 25.2 Å². The summed E-state index contributed by atoms with van der Waals surface area (Å²) in [4.78, 5) is 18.3. The van der Waals surface area contributed by atoms with Crippen molar-refractivity contribution in [1.82, 2.24) is 20.2 Å². The molecule has 2 aromatic rings. The van der Waals surface area contributed by atoms with Crippen LogP contribution in [0.3, 0.4) is 0 Å². The summed E-state index contributed by atoms with van der Waals surface area (Å²) in [6.45, 7) is 8.40. The number of hydrogen-bond donors (Lipinski definition) is 1. The number of halogens is 1. The van der Waals surface area contributed by atoms with E-state index < -0.39 is 0 Å². The van der Waals surface area contributed by atoms with E-state index in [1.165, 1.54) is 0 Å². The molecule has 7 nitrogen and oxygen atoms in total. The van der Waals surface area contributed by atoms with Crippen LogP contribution < -0.4 is 10.2 Å². The van der Waals surface area contributed by atoms with E-state index in [-0.39, 0.29) is 11.2 Å². The molecule has 8 heteroatoms. The topological polar surface area (TPSA) is 65.9 Å². The summed E-state index contributed by atoms with van der Waals surface area (Å²) in [5.41, 5.74) is 1.02. The first-order chi connectivity index (χ1) is 15.2. The van der Waals surface area contributed by atoms with Gasteiger partial charge in [-0.05, 0) is 43.5 Å². The van der Waals surface area contributed by atoms with Crippen LogP contribution in [0.25, 0.3) is 0 Å². The van der Waals surface area contributed by atoms with E-state index in [4.69, 9.17) is 9.73 Å². The molecule has 0 radical (unpaired) electrons. The molecule has 166 valence electrons. The highest BCUT2D eigenvalue weighted by Crippen LogP contribution is 2.35. The Morgan fingerprint density at radius 2 is 1.77 bits per heavy atom. The van der Waals surface area contributed by atoms with Crippen LogP contribution >= 0.6 is 0 Å². The third kappa shape index (κ3) is 5.12. The van der Waals surface area contributed by atoms with E-state index in [2.05, 4.69) is 32.0 Å². The Labute approximate surface area is 183 Å². The summed E-state index contributed by atoms with van der Waals surface area (Å²) in [7, 11) is 0. The van der Waals surface area contributed by atoms with Crippen LogP contribution in [0.1, 0.15) is 25.3 Å². The highest BCUT2D eigenvalue weighted by molar-refractivity contribution is 5.80. The number of aromatic nitrogens is 2. The van der Waals surface area contributed by atoms with Crippen LogP contribution in [0.4, 0.5) is 10.3 Å². The smallest absolute Gasteiger partial charge is 0.225 e. The third-order valence-corrected chi connectivity index (χ3v) is 6.19. The van der Waals surface area contributed by atoms with E-state index >= 15 is 0 Å². The number of anilines is 1. The van der Waals surface area contributed by atoms with Crippen LogP contribution in [0.2, 0.25) is 0 Å². The lowest BCUT2D eigenvalue weighted by Gasteiger charge is -2.39. The number of rotatable bonds is 5. The molecule has 3 heterocycles. The Kier molecular flexibility index (Phi) is 6.96. The van der Waals surface area contributed by atoms with E-state index in [1.807, 2.05) is 18.2 Å². The van der Waals surface area contributed by atoms with Crippen molar-refractivity contribution in [3.63, 3.8) is 0 Å². The molecule has 0 atom stereocenters. The lowest BCUT2D eigenvalue weighted by molar-refractivity contribution is 0.0530. The first-order valence-corrected chi connectivity index (χ1v) is 11.1. The van der Waals surface area contributed by atoms with Gasteiger partial charge in [-0.25, -0.2) is 14.4 Å². The normalized spacial score (nSPS) is 19.4. The van der Waals surface area contributed by atoms with Crippen molar-refractivity contribution in [1.29, 1.82) is 0 Å². The summed E-state index contributed by atoms with van der Waals surface area (Å²) < 4.78 is 19.1. The Balaban J connectivity index is 1.48. The summed E-state index contributed by atoms with van der Waals surface area (Å²) in [6, 6.07) is 8.74. The maximum atomic E-state index is 13.5. The highest BCUT2D eigenvalue weighted by Gasteiger charge is 2.35. The van der Waals surface area contributed by atoms with Crippen molar-refractivity contribution >= 4 is 11.9 Å². The molecular weight excluding hydrogens is 395 g/mol. The van der Waals surface area contributed by atoms with Gasteiger partial charge in [-0.1, -0.05) is 12.1 Å². The van der Waals surface area contributed by atoms with Crippen molar-refractivity contribution in [2.75, 3.05) is 57.4 Å². The second kappa shape index (κ2) is 10.0. The Morgan fingerprint density at radius 1 is 1.10 bits per heavy atom. The summed E-state index contributed by atoms with van der Waals surface area (Å²) in [5.74, 6) is 1.51. The first kappa shape index (κ1) is 21.5. The zero-order valence-electron chi connectivity index (χ0n) is 18.1. The van der Waals surface area contributed by atoms with Gasteiger partial charge in [0.2, 0.25) is 5.95 Å². The molecule has 0 spiro atoms. The minimum atomic E-state index is -0.205. The molecule has 2 fully saturated rings. The van der Waals surface area contributed by atoms with Gasteiger partial charge in [0.15, 0.2) is 5.96 Å². The molecule has 0 bridgehead atoms. The number of aliphatic imine (C=N–C) groups is 1. The minimum Gasteiger partial charge on any atom is -0.381 e. The SMILES string of the molecule is CCNC(=NCC1(c2ccc(F)cc2)CCOCC1)N1CCN(c2ncccn2)CC1. The summed E-state index contributed by atoms with van der Waals surface area (Å²) in [5, 5.41) is 3.46. The van der Waals surface area contributed by atoms with E-state index in [0.29, 0.717) is 19.8 Å². The predicted octanol–water partition coefficient (Wildman–Crippen LogP) is 2.45. The molecule has 31 heavy (non-hydrogen) atoms. The Hall–Kier alpha value is -2.74. The second-order valence-electron chi connectivity index (χ2n) is 8.09. The zero-order chi connectivity index (χ0) is 21.5. The van der Waals surface area contributed by atoms with Crippen molar-refractivity contribution in [3.05, 3.63) is 54.1 Å². The standard InChI is InChI=1S/C23H31FN6O/c1-2-25-21(29-12-14-30(15-13-29)22-26-10-3-11-27-22)28-18-23(8-16-31-17-9-23)19-4-6-20(24)7-5-19/h3-7,10-11H,2,8-9,12-18H2,1H3,(H,25,28). The van der Waals surface area contributed by atoms with Crippen LogP contribution in [0, 0.1) is 5.82 Å². The molecule has 0 unspecified atom stereocenters. The number of nitrogens with one attached hydrogen (secondary N) is 1. The number of piperazine rings is 1. The molecule has 0 saturated carbocycles. The second-order valence-corrected chi connectivity index (χ2v) is 8.09. The lowest BCUT2D eigenvalue weighted by Crippen LogP contribution is -2.53. The van der Waals surface area contributed by atoms with E-state index in [0.717, 1.165) is 63.0 Å². The van der Waals surface area contributed by atoms with E-state index in [1.54, 1.807) is 24.5 Å². The van der Waals surface area contributed by atoms with Gasteiger partial charge in [0, 0.05) is 63.7 Å². The van der Waals surface area contributed by atoms with Gasteiger partial charge in [0.25, 0.3) is 0 Å². The van der Waals surface area contributed by atoms with Gasteiger partial charge in [-0.2, -0.15) is 0 Å². The van der Waals surface area contributed by atoms with Gasteiger partial charge in [-0.15, -0.1) is 0 Å². The van der Waals surface area contributed by atoms with Crippen LogP contribution in [0.5, 0.6) is 0 Å². The number of hydrogen-bond acceptors (Lipinski definition) is 5. The van der Waals surface area contributed by atoms with Crippen LogP contribution in [-0.2, 0) is 10.2 Å². The van der Waals surface area contributed by atoms with Gasteiger partial charge in [0.1, 0.15) is 5.82 Å². The predicted molar refractivity (Wildman–Crippen MR) is 120 cm³/mol. The Morgan fingerprint density at radius 3 is 2.42 bits per heavy atom. The fourth-order valence-corrected chi connectivity index (χ4v) is 4.33. The fraction of sp³-hybridized carbons (Fsp3) is 0.522. The minimum absolute atomic E-state index is 0.119. The molecule has 1 aromatic carbocycles. The molecule has 0 aliphatic carbocycles. The fourth-order valence-electron chi connectivity index (χ4n) is 4.33. The maximum absolute atomic E-state index is 13.5. The average molecular weight is 427 g/mol. The number of benzene rings is 1. The highest BCUT2D eigenvalue weighted by atomic mass is 19.1. The van der Waals surface area contributed by atoms with E-state index in [9.17, 15) is 4.39 Å². The van der Waals surface area contributed by atoms with Gasteiger partial charge >= 0.3 is 0 Å². The largest absolute Gasteiger partial charge is 0.381 e. The van der Waals surface area contributed by atoms with Crippen molar-refractivity contribution in [3.8, 4) is 0 Å². The molecule has 4 rings (SSSR count). The van der Waals surface area contributed by atoms with Crippen molar-refractivity contribution in [2.24, 2.45) is 4.99 Å². The Bertz CT molecular complexity index is 846. The van der Waals surface area contributed by atoms with Crippen molar-refractivity contribution < 1.29 is 9.13 Å². The average Bonchev–Trinajstić information content (AvgIpc) is 2.83. The quantitative estimate of drug-likeness (QED) is 0.585. The molecule has 2 aliphatic rings. The summed E-state index contributed by atoms with van der Waals surface area (Å²) >= 11 is 0. The van der Waals surface area contributed by atoms with Gasteiger partial charge < -0.3 is 19.9 Å². The number of guanidine groups is 1. The number of nitrogens with zero attached hydrogens (tertiary/aromatic N) is 5. The van der Waals surface area contributed by atoms with Gasteiger partial charge in [0.05, 0.1) is 6.54 Å². The summed E-state index contributed by atoms with van der Waals surface area (Å²) in [6.07, 6.45) is 5.34.